The van der Waals surface area contributed by atoms with Crippen molar-refractivity contribution < 1.29 is 4.79 Å². The van der Waals surface area contributed by atoms with Gasteiger partial charge in [-0.05, 0) is 18.8 Å². The smallest absolute Gasteiger partial charge is 0.166 e. The van der Waals surface area contributed by atoms with E-state index in [9.17, 15) is 4.79 Å². The van der Waals surface area contributed by atoms with Crippen molar-refractivity contribution in [3.8, 4) is 0 Å². The van der Waals surface area contributed by atoms with Gasteiger partial charge in [0.15, 0.2) is 5.78 Å². The summed E-state index contributed by atoms with van der Waals surface area (Å²) in [7, 11) is 0. The SMILES string of the molecule is CCCn1cc(C(=O)CCC2CCCCC2)cn1. The van der Waals surface area contributed by atoms with Crippen LogP contribution in [-0.2, 0) is 6.54 Å². The third-order valence-corrected chi connectivity index (χ3v) is 3.91. The average molecular weight is 248 g/mol. The first-order valence-corrected chi connectivity index (χ1v) is 7.35. The summed E-state index contributed by atoms with van der Waals surface area (Å²) < 4.78 is 1.87. The summed E-state index contributed by atoms with van der Waals surface area (Å²) in [6, 6.07) is 0. The van der Waals surface area contributed by atoms with Crippen LogP contribution in [0.15, 0.2) is 12.4 Å². The van der Waals surface area contributed by atoms with E-state index in [1.54, 1.807) is 6.20 Å². The first-order valence-electron chi connectivity index (χ1n) is 7.35. The predicted molar refractivity (Wildman–Crippen MR) is 72.7 cm³/mol. The standard InChI is InChI=1S/C15H24N2O/c1-2-10-17-12-14(11-16-17)15(18)9-8-13-6-4-3-5-7-13/h11-13H,2-10H2,1H3. The molecule has 0 bridgehead atoms. The van der Waals surface area contributed by atoms with E-state index in [0.717, 1.165) is 30.9 Å². The van der Waals surface area contributed by atoms with Crippen LogP contribution in [0.25, 0.3) is 0 Å². The van der Waals surface area contributed by atoms with Crippen molar-refractivity contribution in [3.63, 3.8) is 0 Å². The Morgan fingerprint density at radius 3 is 2.89 bits per heavy atom. The van der Waals surface area contributed by atoms with Crippen LogP contribution < -0.4 is 0 Å². The summed E-state index contributed by atoms with van der Waals surface area (Å²) in [5.41, 5.74) is 0.791. The fourth-order valence-electron chi connectivity index (χ4n) is 2.81. The molecule has 0 unspecified atom stereocenters. The first-order chi connectivity index (χ1) is 8.79. The second kappa shape index (κ2) is 6.72. The summed E-state index contributed by atoms with van der Waals surface area (Å²) in [5, 5.41) is 4.22. The Morgan fingerprint density at radius 1 is 1.39 bits per heavy atom. The minimum atomic E-state index is 0.267. The quantitative estimate of drug-likeness (QED) is 0.717. The number of hydrogen-bond acceptors (Lipinski definition) is 2. The lowest BCUT2D eigenvalue weighted by Gasteiger charge is -2.20. The molecule has 0 aromatic carbocycles. The Labute approximate surface area is 110 Å². The highest BCUT2D eigenvalue weighted by Crippen LogP contribution is 2.27. The van der Waals surface area contributed by atoms with Crippen molar-refractivity contribution in [2.75, 3.05) is 0 Å². The Balaban J connectivity index is 1.79. The molecule has 0 atom stereocenters. The zero-order chi connectivity index (χ0) is 12.8. The van der Waals surface area contributed by atoms with Gasteiger partial charge in [0.2, 0.25) is 0 Å². The molecule has 0 saturated heterocycles. The third-order valence-electron chi connectivity index (χ3n) is 3.91. The Kier molecular flexibility index (Phi) is 4.97. The summed E-state index contributed by atoms with van der Waals surface area (Å²) in [6.07, 6.45) is 13.2. The van der Waals surface area contributed by atoms with Gasteiger partial charge in [0.05, 0.1) is 11.8 Å². The van der Waals surface area contributed by atoms with Gasteiger partial charge in [-0.15, -0.1) is 0 Å². The summed E-state index contributed by atoms with van der Waals surface area (Å²) in [5.74, 6) is 1.05. The number of carbonyl (C=O) groups excluding carboxylic acids is 1. The van der Waals surface area contributed by atoms with Crippen molar-refractivity contribution in [3.05, 3.63) is 18.0 Å². The van der Waals surface area contributed by atoms with Gasteiger partial charge in [-0.3, -0.25) is 9.48 Å². The second-order valence-corrected chi connectivity index (χ2v) is 5.46. The van der Waals surface area contributed by atoms with Crippen LogP contribution in [0, 0.1) is 5.92 Å². The number of aromatic nitrogens is 2. The molecule has 0 aliphatic heterocycles. The fourth-order valence-corrected chi connectivity index (χ4v) is 2.81. The van der Waals surface area contributed by atoms with Crippen LogP contribution in [0.5, 0.6) is 0 Å². The van der Waals surface area contributed by atoms with E-state index in [0.29, 0.717) is 6.42 Å². The predicted octanol–water partition coefficient (Wildman–Crippen LogP) is 3.84. The van der Waals surface area contributed by atoms with Crippen molar-refractivity contribution in [2.24, 2.45) is 5.92 Å². The van der Waals surface area contributed by atoms with E-state index in [4.69, 9.17) is 0 Å². The largest absolute Gasteiger partial charge is 0.294 e. The van der Waals surface area contributed by atoms with Gasteiger partial charge in [0.1, 0.15) is 0 Å². The van der Waals surface area contributed by atoms with Gasteiger partial charge < -0.3 is 0 Å². The lowest BCUT2D eigenvalue weighted by Crippen LogP contribution is -2.09. The number of aryl methyl sites for hydroxylation is 1. The molecule has 1 aromatic rings. The molecule has 3 heteroatoms. The summed E-state index contributed by atoms with van der Waals surface area (Å²) >= 11 is 0. The van der Waals surface area contributed by atoms with Crippen molar-refractivity contribution in [1.82, 2.24) is 9.78 Å². The molecule has 1 heterocycles. The Morgan fingerprint density at radius 2 is 2.17 bits per heavy atom. The second-order valence-electron chi connectivity index (χ2n) is 5.46. The summed E-state index contributed by atoms with van der Waals surface area (Å²) in [6.45, 7) is 3.02. The van der Waals surface area contributed by atoms with E-state index in [-0.39, 0.29) is 5.78 Å². The molecule has 0 radical (unpaired) electrons. The number of nitrogens with zero attached hydrogens (tertiary/aromatic N) is 2. The van der Waals surface area contributed by atoms with Crippen LogP contribution in [-0.4, -0.2) is 15.6 Å². The maximum absolute atomic E-state index is 12.1. The molecule has 1 saturated carbocycles. The third kappa shape index (κ3) is 3.69. The molecular formula is C15H24N2O. The summed E-state index contributed by atoms with van der Waals surface area (Å²) in [4.78, 5) is 12.1. The van der Waals surface area contributed by atoms with Crippen LogP contribution in [0.2, 0.25) is 0 Å². The number of rotatable bonds is 6. The topological polar surface area (TPSA) is 34.9 Å². The number of Topliss-reactive ketones (excluding diaryl/α,β-unsaturated/α-hetero) is 1. The van der Waals surface area contributed by atoms with Crippen molar-refractivity contribution in [1.29, 1.82) is 0 Å². The lowest BCUT2D eigenvalue weighted by atomic mass is 9.85. The van der Waals surface area contributed by atoms with Crippen LogP contribution in [0.3, 0.4) is 0 Å². The van der Waals surface area contributed by atoms with Gasteiger partial charge in [0, 0.05) is 19.2 Å². The minimum absolute atomic E-state index is 0.267. The first kappa shape index (κ1) is 13.3. The number of ketones is 1. The molecule has 100 valence electrons. The lowest BCUT2D eigenvalue weighted by molar-refractivity contribution is 0.0970. The molecule has 0 spiro atoms. The molecule has 0 amide bonds. The van der Waals surface area contributed by atoms with E-state index < -0.39 is 0 Å². The highest BCUT2D eigenvalue weighted by molar-refractivity contribution is 5.95. The van der Waals surface area contributed by atoms with Crippen LogP contribution in [0.4, 0.5) is 0 Å². The fraction of sp³-hybridized carbons (Fsp3) is 0.733. The molecule has 1 aromatic heterocycles. The Hall–Kier alpha value is -1.12. The molecule has 1 fully saturated rings. The monoisotopic (exact) mass is 248 g/mol. The van der Waals surface area contributed by atoms with Crippen molar-refractivity contribution >= 4 is 5.78 Å². The van der Waals surface area contributed by atoms with Crippen LogP contribution in [0.1, 0.15) is 68.6 Å². The highest BCUT2D eigenvalue weighted by atomic mass is 16.1. The number of carbonyl (C=O) groups is 1. The van der Waals surface area contributed by atoms with Gasteiger partial charge >= 0.3 is 0 Å². The normalized spacial score (nSPS) is 16.9. The zero-order valence-corrected chi connectivity index (χ0v) is 11.4. The maximum atomic E-state index is 12.1. The molecule has 0 N–H and O–H groups in total. The highest BCUT2D eigenvalue weighted by Gasteiger charge is 2.16. The van der Waals surface area contributed by atoms with E-state index in [1.807, 2.05) is 10.9 Å². The zero-order valence-electron chi connectivity index (χ0n) is 11.4. The van der Waals surface area contributed by atoms with Crippen LogP contribution >= 0.6 is 0 Å². The molecular weight excluding hydrogens is 224 g/mol. The molecule has 18 heavy (non-hydrogen) atoms. The van der Waals surface area contributed by atoms with E-state index in [2.05, 4.69) is 12.0 Å². The number of hydrogen-bond donors (Lipinski definition) is 0. The average Bonchev–Trinajstić information content (AvgIpc) is 2.86. The molecule has 1 aliphatic carbocycles. The van der Waals surface area contributed by atoms with E-state index in [1.165, 1.54) is 32.1 Å². The Bertz CT molecular complexity index is 378. The van der Waals surface area contributed by atoms with Gasteiger partial charge in [0.25, 0.3) is 0 Å². The van der Waals surface area contributed by atoms with Gasteiger partial charge in [-0.2, -0.15) is 5.10 Å². The minimum Gasteiger partial charge on any atom is -0.294 e. The molecule has 2 rings (SSSR count). The van der Waals surface area contributed by atoms with Gasteiger partial charge in [-0.1, -0.05) is 39.0 Å². The van der Waals surface area contributed by atoms with Gasteiger partial charge in [-0.25, -0.2) is 0 Å². The maximum Gasteiger partial charge on any atom is 0.166 e. The van der Waals surface area contributed by atoms with E-state index >= 15 is 0 Å². The molecule has 1 aliphatic rings. The van der Waals surface area contributed by atoms with Crippen molar-refractivity contribution in [2.45, 2.75) is 64.8 Å². The molecule has 3 nitrogen and oxygen atoms in total.